The second-order valence-electron chi connectivity index (χ2n) is 4.65. The second kappa shape index (κ2) is 5.40. The van der Waals surface area contributed by atoms with Crippen molar-refractivity contribution in [1.82, 2.24) is 16.4 Å². The van der Waals surface area contributed by atoms with Gasteiger partial charge in [0.05, 0.1) is 6.54 Å². The Morgan fingerprint density at radius 3 is 2.63 bits per heavy atom. The van der Waals surface area contributed by atoms with Crippen molar-refractivity contribution in [2.45, 2.75) is 13.2 Å². The van der Waals surface area contributed by atoms with E-state index in [9.17, 15) is 0 Å². The number of aryl methyl sites for hydroxylation is 1. The summed E-state index contributed by atoms with van der Waals surface area (Å²) in [5.41, 5.74) is 12.4. The van der Waals surface area contributed by atoms with Crippen molar-refractivity contribution in [3.8, 4) is 16.9 Å². The Bertz CT molecular complexity index is 548. The molecule has 0 bridgehead atoms. The molecule has 4 heteroatoms. The molecule has 1 atom stereocenters. The topological polar surface area (TPSA) is 45.3 Å². The minimum absolute atomic E-state index is 0.0479. The fourth-order valence-corrected chi connectivity index (χ4v) is 2.06. The van der Waals surface area contributed by atoms with E-state index in [1.165, 1.54) is 11.1 Å². The summed E-state index contributed by atoms with van der Waals surface area (Å²) >= 11 is 0. The minimum atomic E-state index is -0.0479. The van der Waals surface area contributed by atoms with Gasteiger partial charge < -0.3 is 4.74 Å². The van der Waals surface area contributed by atoms with E-state index >= 15 is 0 Å². The number of nitrogens with one attached hydrogen (secondary N) is 3. The van der Waals surface area contributed by atoms with Gasteiger partial charge >= 0.3 is 0 Å². The van der Waals surface area contributed by atoms with Crippen LogP contribution in [-0.4, -0.2) is 12.8 Å². The van der Waals surface area contributed by atoms with Crippen molar-refractivity contribution in [3.05, 3.63) is 54.1 Å². The Morgan fingerprint density at radius 2 is 1.89 bits per heavy atom. The van der Waals surface area contributed by atoms with Crippen LogP contribution in [0.4, 0.5) is 0 Å². The van der Waals surface area contributed by atoms with Gasteiger partial charge in [0, 0.05) is 0 Å². The van der Waals surface area contributed by atoms with Gasteiger partial charge in [0.25, 0.3) is 0 Å². The van der Waals surface area contributed by atoms with E-state index in [4.69, 9.17) is 4.74 Å². The Morgan fingerprint density at radius 1 is 1.05 bits per heavy atom. The average molecular weight is 255 g/mol. The van der Waals surface area contributed by atoms with E-state index in [1.54, 1.807) is 0 Å². The predicted octanol–water partition coefficient (Wildman–Crippen LogP) is 1.98. The third-order valence-corrected chi connectivity index (χ3v) is 3.11. The molecule has 0 aromatic heterocycles. The summed E-state index contributed by atoms with van der Waals surface area (Å²) in [6, 6.07) is 16.6. The first-order valence-electron chi connectivity index (χ1n) is 6.38. The molecular formula is C15H17N3O. The summed E-state index contributed by atoms with van der Waals surface area (Å²) in [6.07, 6.45) is -0.0479. The molecule has 0 saturated carbocycles. The summed E-state index contributed by atoms with van der Waals surface area (Å²) in [5.74, 6) is 0.862. The van der Waals surface area contributed by atoms with Gasteiger partial charge in [-0.2, -0.15) is 5.53 Å². The number of rotatable bonds is 3. The van der Waals surface area contributed by atoms with Crippen LogP contribution in [0.3, 0.4) is 0 Å². The molecule has 3 rings (SSSR count). The lowest BCUT2D eigenvalue weighted by atomic mass is 10.0. The van der Waals surface area contributed by atoms with Gasteiger partial charge in [-0.05, 0) is 30.2 Å². The fourth-order valence-electron chi connectivity index (χ4n) is 2.06. The van der Waals surface area contributed by atoms with E-state index in [0.717, 1.165) is 17.9 Å². The molecule has 0 amide bonds. The van der Waals surface area contributed by atoms with Crippen LogP contribution in [0.2, 0.25) is 0 Å². The van der Waals surface area contributed by atoms with Gasteiger partial charge in [-0.15, -0.1) is 0 Å². The Kier molecular flexibility index (Phi) is 3.46. The number of hydrogen-bond acceptors (Lipinski definition) is 4. The highest BCUT2D eigenvalue weighted by Gasteiger charge is 2.14. The smallest absolute Gasteiger partial charge is 0.177 e. The molecule has 98 valence electrons. The largest absolute Gasteiger partial charge is 0.473 e. The predicted molar refractivity (Wildman–Crippen MR) is 75.3 cm³/mol. The zero-order valence-electron chi connectivity index (χ0n) is 10.8. The van der Waals surface area contributed by atoms with Crippen LogP contribution in [0, 0.1) is 6.92 Å². The van der Waals surface area contributed by atoms with Crippen LogP contribution in [0.25, 0.3) is 11.1 Å². The Labute approximate surface area is 112 Å². The third kappa shape index (κ3) is 2.93. The van der Waals surface area contributed by atoms with Crippen molar-refractivity contribution >= 4 is 0 Å². The van der Waals surface area contributed by atoms with Crippen molar-refractivity contribution in [1.29, 1.82) is 0 Å². The van der Waals surface area contributed by atoms with Gasteiger partial charge in [-0.25, -0.2) is 10.9 Å². The number of hydrazine groups is 2. The summed E-state index contributed by atoms with van der Waals surface area (Å²) in [7, 11) is 0. The van der Waals surface area contributed by atoms with Crippen molar-refractivity contribution in [3.63, 3.8) is 0 Å². The molecule has 3 N–H and O–H groups in total. The molecule has 0 spiro atoms. The monoisotopic (exact) mass is 255 g/mol. The first kappa shape index (κ1) is 12.2. The molecule has 1 aliphatic heterocycles. The van der Waals surface area contributed by atoms with Gasteiger partial charge in [0.1, 0.15) is 5.75 Å². The zero-order valence-corrected chi connectivity index (χ0v) is 10.8. The maximum atomic E-state index is 5.83. The van der Waals surface area contributed by atoms with Crippen LogP contribution >= 0.6 is 0 Å². The molecule has 1 heterocycles. The molecule has 19 heavy (non-hydrogen) atoms. The van der Waals surface area contributed by atoms with Crippen molar-refractivity contribution in [2.75, 3.05) is 6.54 Å². The van der Waals surface area contributed by atoms with Crippen LogP contribution in [0.5, 0.6) is 5.75 Å². The molecule has 2 aromatic carbocycles. The molecule has 0 radical (unpaired) electrons. The SMILES string of the molecule is Cc1ccc(-c2cccc(OC3CNNN3)c2)cc1. The summed E-state index contributed by atoms with van der Waals surface area (Å²) in [4.78, 5) is 0. The maximum absolute atomic E-state index is 5.83. The van der Waals surface area contributed by atoms with Gasteiger partial charge in [0.2, 0.25) is 0 Å². The van der Waals surface area contributed by atoms with Crippen molar-refractivity contribution in [2.24, 2.45) is 0 Å². The highest BCUT2D eigenvalue weighted by atomic mass is 16.5. The first-order valence-corrected chi connectivity index (χ1v) is 6.38. The minimum Gasteiger partial charge on any atom is -0.473 e. The number of benzene rings is 2. The van der Waals surface area contributed by atoms with Gasteiger partial charge in [-0.1, -0.05) is 42.0 Å². The van der Waals surface area contributed by atoms with Crippen LogP contribution in [-0.2, 0) is 0 Å². The van der Waals surface area contributed by atoms with Gasteiger partial charge in [0.15, 0.2) is 6.23 Å². The van der Waals surface area contributed by atoms with E-state index < -0.39 is 0 Å². The first-order chi connectivity index (χ1) is 9.31. The number of ether oxygens (including phenoxy) is 1. The van der Waals surface area contributed by atoms with E-state index in [1.807, 2.05) is 12.1 Å². The van der Waals surface area contributed by atoms with E-state index in [2.05, 4.69) is 59.7 Å². The molecule has 1 saturated heterocycles. The summed E-state index contributed by atoms with van der Waals surface area (Å²) in [5, 5.41) is 0. The molecule has 0 aliphatic carbocycles. The van der Waals surface area contributed by atoms with E-state index in [-0.39, 0.29) is 6.23 Å². The molecule has 1 fully saturated rings. The summed E-state index contributed by atoms with van der Waals surface area (Å²) < 4.78 is 5.83. The highest BCUT2D eigenvalue weighted by Crippen LogP contribution is 2.24. The standard InChI is InChI=1S/C15H17N3O/c1-11-5-7-12(8-6-11)13-3-2-4-14(9-13)19-15-10-16-18-17-15/h2-9,15-18H,10H2,1H3. The molecule has 4 nitrogen and oxygen atoms in total. The fraction of sp³-hybridized carbons (Fsp3) is 0.200. The lowest BCUT2D eigenvalue weighted by Gasteiger charge is -2.13. The average Bonchev–Trinajstić information content (AvgIpc) is 2.93. The lowest BCUT2D eigenvalue weighted by Crippen LogP contribution is -2.36. The molecule has 1 unspecified atom stereocenters. The normalized spacial score (nSPS) is 18.5. The quantitative estimate of drug-likeness (QED) is 0.785. The lowest BCUT2D eigenvalue weighted by molar-refractivity contribution is 0.191. The molecular weight excluding hydrogens is 238 g/mol. The summed E-state index contributed by atoms with van der Waals surface area (Å²) in [6.45, 7) is 2.82. The molecule has 1 aliphatic rings. The maximum Gasteiger partial charge on any atom is 0.177 e. The second-order valence-corrected chi connectivity index (χ2v) is 4.65. The van der Waals surface area contributed by atoms with E-state index in [0.29, 0.717) is 0 Å². The zero-order chi connectivity index (χ0) is 13.1. The third-order valence-electron chi connectivity index (χ3n) is 3.11. The van der Waals surface area contributed by atoms with Gasteiger partial charge in [-0.3, -0.25) is 0 Å². The van der Waals surface area contributed by atoms with Crippen LogP contribution in [0.15, 0.2) is 48.5 Å². The molecule has 2 aromatic rings. The highest BCUT2D eigenvalue weighted by molar-refractivity contribution is 5.65. The van der Waals surface area contributed by atoms with Crippen LogP contribution in [0.1, 0.15) is 5.56 Å². The Balaban J connectivity index is 1.80. The number of hydrogen-bond donors (Lipinski definition) is 3. The Hall–Kier alpha value is -1.88. The van der Waals surface area contributed by atoms with Crippen LogP contribution < -0.4 is 21.1 Å². The van der Waals surface area contributed by atoms with Crippen molar-refractivity contribution < 1.29 is 4.74 Å².